The van der Waals surface area contributed by atoms with E-state index in [1.54, 1.807) is 27.8 Å². The zero-order chi connectivity index (χ0) is 24.4. The number of benzene rings is 3. The first-order chi connectivity index (χ1) is 16.9. The van der Waals surface area contributed by atoms with E-state index in [4.69, 9.17) is 5.10 Å². The number of hydrogen-bond acceptors (Lipinski definition) is 4. The molecule has 1 N–H and O–H groups in total. The minimum atomic E-state index is -3.77. The molecule has 8 heteroatoms. The summed E-state index contributed by atoms with van der Waals surface area (Å²) >= 11 is 0. The SMILES string of the molecule is CC(=O)N1CCCc2cc(S(=O)(=O)NCc3cn(-c4ccccc4)nc3-c3ccccc3)ccc21. The third-order valence-corrected chi connectivity index (χ3v) is 7.57. The topological polar surface area (TPSA) is 84.3 Å². The molecule has 0 unspecified atom stereocenters. The molecule has 2 heterocycles. The molecule has 4 aromatic rings. The summed E-state index contributed by atoms with van der Waals surface area (Å²) < 4.78 is 30.9. The second kappa shape index (κ2) is 9.48. The standard InChI is InChI=1S/C27H26N4O3S/c1-20(32)30-16-8-11-22-17-25(14-15-26(22)30)35(33,34)28-18-23-19-31(24-12-6-3-7-13-24)29-27(23)21-9-4-2-5-10-21/h2-7,9-10,12-15,17,19,28H,8,11,16,18H2,1H3. The number of carbonyl (C=O) groups is 1. The number of amides is 1. The number of aryl methyl sites for hydroxylation is 1. The first-order valence-corrected chi connectivity index (χ1v) is 13.0. The van der Waals surface area contributed by atoms with Crippen LogP contribution in [0.2, 0.25) is 0 Å². The van der Waals surface area contributed by atoms with Crippen LogP contribution in [0.3, 0.4) is 0 Å². The number of anilines is 1. The maximum Gasteiger partial charge on any atom is 0.240 e. The molecule has 0 bridgehead atoms. The normalized spacial score (nSPS) is 13.5. The molecule has 0 saturated heterocycles. The van der Waals surface area contributed by atoms with Gasteiger partial charge in [0, 0.05) is 43.0 Å². The number of para-hydroxylation sites is 1. The number of nitrogens with one attached hydrogen (secondary N) is 1. The van der Waals surface area contributed by atoms with Crippen molar-refractivity contribution in [2.75, 3.05) is 11.4 Å². The van der Waals surface area contributed by atoms with E-state index in [1.165, 1.54) is 6.92 Å². The van der Waals surface area contributed by atoms with Crippen molar-refractivity contribution < 1.29 is 13.2 Å². The van der Waals surface area contributed by atoms with E-state index in [9.17, 15) is 13.2 Å². The zero-order valence-electron chi connectivity index (χ0n) is 19.4. The fourth-order valence-corrected chi connectivity index (χ4v) is 5.47. The summed E-state index contributed by atoms with van der Waals surface area (Å²) in [6.45, 7) is 2.28. The van der Waals surface area contributed by atoms with Gasteiger partial charge < -0.3 is 4.90 Å². The average Bonchev–Trinajstić information content (AvgIpc) is 3.32. The Labute approximate surface area is 205 Å². The molecule has 1 aliphatic heterocycles. The highest BCUT2D eigenvalue weighted by Gasteiger charge is 2.23. The lowest BCUT2D eigenvalue weighted by Crippen LogP contribution is -2.33. The first kappa shape index (κ1) is 23.0. The Hall–Kier alpha value is -3.75. The van der Waals surface area contributed by atoms with Gasteiger partial charge in [0.25, 0.3) is 0 Å². The molecule has 178 valence electrons. The van der Waals surface area contributed by atoms with Gasteiger partial charge in [0.2, 0.25) is 15.9 Å². The molecule has 0 fully saturated rings. The minimum absolute atomic E-state index is 0.0384. The van der Waals surface area contributed by atoms with E-state index in [0.29, 0.717) is 6.54 Å². The Bertz CT molecular complexity index is 1470. The molecule has 1 amide bonds. The van der Waals surface area contributed by atoms with Gasteiger partial charge >= 0.3 is 0 Å². The molecule has 5 rings (SSSR count). The van der Waals surface area contributed by atoms with Gasteiger partial charge in [-0.25, -0.2) is 17.8 Å². The summed E-state index contributed by atoms with van der Waals surface area (Å²) in [4.78, 5) is 13.8. The molecule has 3 aromatic carbocycles. The van der Waals surface area contributed by atoms with Crippen molar-refractivity contribution in [1.29, 1.82) is 0 Å². The van der Waals surface area contributed by atoms with Crippen molar-refractivity contribution in [2.45, 2.75) is 31.2 Å². The van der Waals surface area contributed by atoms with Gasteiger partial charge in [-0.05, 0) is 48.7 Å². The third kappa shape index (κ3) is 4.76. The van der Waals surface area contributed by atoms with E-state index < -0.39 is 10.0 Å². The van der Waals surface area contributed by atoms with Crippen LogP contribution in [0.5, 0.6) is 0 Å². The van der Waals surface area contributed by atoms with Gasteiger partial charge in [-0.1, -0.05) is 48.5 Å². The van der Waals surface area contributed by atoms with Crippen LogP contribution in [0.4, 0.5) is 5.69 Å². The summed E-state index contributed by atoms with van der Waals surface area (Å²) in [6, 6.07) is 24.4. The van der Waals surface area contributed by atoms with Crippen molar-refractivity contribution >= 4 is 21.6 Å². The van der Waals surface area contributed by atoms with Gasteiger partial charge in [-0.15, -0.1) is 0 Å². The largest absolute Gasteiger partial charge is 0.312 e. The maximum absolute atomic E-state index is 13.2. The highest BCUT2D eigenvalue weighted by molar-refractivity contribution is 7.89. The lowest BCUT2D eigenvalue weighted by Gasteiger charge is -2.28. The summed E-state index contributed by atoms with van der Waals surface area (Å²) in [7, 11) is -3.77. The Kier molecular flexibility index (Phi) is 6.23. The first-order valence-electron chi connectivity index (χ1n) is 11.5. The second-order valence-electron chi connectivity index (χ2n) is 8.54. The van der Waals surface area contributed by atoms with Gasteiger partial charge in [0.05, 0.1) is 16.3 Å². The van der Waals surface area contributed by atoms with E-state index in [2.05, 4.69) is 4.72 Å². The zero-order valence-corrected chi connectivity index (χ0v) is 20.2. The quantitative estimate of drug-likeness (QED) is 0.440. The van der Waals surface area contributed by atoms with Crippen LogP contribution in [0.15, 0.2) is 90.0 Å². The van der Waals surface area contributed by atoms with Gasteiger partial charge in [-0.3, -0.25) is 4.79 Å². The monoisotopic (exact) mass is 486 g/mol. The molecular formula is C27H26N4O3S. The number of nitrogens with zero attached hydrogens (tertiary/aromatic N) is 3. The van der Waals surface area contributed by atoms with Crippen molar-refractivity contribution in [3.8, 4) is 16.9 Å². The van der Waals surface area contributed by atoms with Gasteiger partial charge in [-0.2, -0.15) is 5.10 Å². The lowest BCUT2D eigenvalue weighted by atomic mass is 10.0. The molecule has 0 aliphatic carbocycles. The number of carbonyl (C=O) groups excluding carboxylic acids is 1. The van der Waals surface area contributed by atoms with Crippen LogP contribution < -0.4 is 9.62 Å². The number of fused-ring (bicyclic) bond motifs is 1. The molecule has 7 nitrogen and oxygen atoms in total. The third-order valence-electron chi connectivity index (χ3n) is 6.17. The Morgan fingerprint density at radius 3 is 2.43 bits per heavy atom. The number of rotatable bonds is 6. The van der Waals surface area contributed by atoms with Crippen LogP contribution in [-0.4, -0.2) is 30.7 Å². The van der Waals surface area contributed by atoms with Crippen molar-refractivity contribution in [1.82, 2.24) is 14.5 Å². The van der Waals surface area contributed by atoms with Crippen molar-refractivity contribution in [3.63, 3.8) is 0 Å². The molecule has 0 spiro atoms. The van der Waals surface area contributed by atoms with Crippen LogP contribution in [0, 0.1) is 0 Å². The summed E-state index contributed by atoms with van der Waals surface area (Å²) in [5.41, 5.74) is 4.96. The number of aromatic nitrogens is 2. The Morgan fingerprint density at radius 1 is 1.00 bits per heavy atom. The average molecular weight is 487 g/mol. The predicted octanol–water partition coefficient (Wildman–Crippen LogP) is 4.32. The molecular weight excluding hydrogens is 460 g/mol. The van der Waals surface area contributed by atoms with E-state index in [1.807, 2.05) is 66.9 Å². The molecule has 1 aromatic heterocycles. The molecule has 0 atom stereocenters. The maximum atomic E-state index is 13.2. The Morgan fingerprint density at radius 2 is 1.71 bits per heavy atom. The lowest BCUT2D eigenvalue weighted by molar-refractivity contribution is -0.116. The minimum Gasteiger partial charge on any atom is -0.312 e. The highest BCUT2D eigenvalue weighted by atomic mass is 32.2. The molecule has 0 saturated carbocycles. The number of sulfonamides is 1. The number of hydrogen-bond donors (Lipinski definition) is 1. The van der Waals surface area contributed by atoms with Crippen LogP contribution in [0.1, 0.15) is 24.5 Å². The van der Waals surface area contributed by atoms with Crippen LogP contribution in [0.25, 0.3) is 16.9 Å². The summed E-state index contributed by atoms with van der Waals surface area (Å²) in [5.74, 6) is -0.0384. The fourth-order valence-electron chi connectivity index (χ4n) is 4.41. The fraction of sp³-hybridized carbons (Fsp3) is 0.185. The smallest absolute Gasteiger partial charge is 0.240 e. The highest BCUT2D eigenvalue weighted by Crippen LogP contribution is 2.30. The summed E-state index contributed by atoms with van der Waals surface area (Å²) in [6.07, 6.45) is 3.41. The van der Waals surface area contributed by atoms with Crippen LogP contribution in [-0.2, 0) is 27.8 Å². The van der Waals surface area contributed by atoms with Crippen molar-refractivity contribution in [2.24, 2.45) is 0 Å². The summed E-state index contributed by atoms with van der Waals surface area (Å²) in [5, 5.41) is 4.75. The van der Waals surface area contributed by atoms with Gasteiger partial charge in [0.1, 0.15) is 0 Å². The van der Waals surface area contributed by atoms with E-state index in [0.717, 1.165) is 46.6 Å². The Balaban J connectivity index is 1.44. The molecule has 35 heavy (non-hydrogen) atoms. The van der Waals surface area contributed by atoms with Crippen molar-refractivity contribution in [3.05, 3.63) is 96.2 Å². The van der Waals surface area contributed by atoms with E-state index in [-0.39, 0.29) is 17.3 Å². The molecule has 0 radical (unpaired) electrons. The van der Waals surface area contributed by atoms with E-state index >= 15 is 0 Å². The van der Waals surface area contributed by atoms with Gasteiger partial charge in [0.15, 0.2) is 0 Å². The van der Waals surface area contributed by atoms with Crippen LogP contribution >= 0.6 is 0 Å². The molecule has 1 aliphatic rings. The second-order valence-corrected chi connectivity index (χ2v) is 10.3. The predicted molar refractivity (Wildman–Crippen MR) is 136 cm³/mol.